The molecule has 0 aromatic heterocycles. The first-order valence-electron chi connectivity index (χ1n) is 9.86. The van der Waals surface area contributed by atoms with Gasteiger partial charge in [0.1, 0.15) is 5.75 Å². The molecular formula is C21H25N3O5S. The van der Waals surface area contributed by atoms with Crippen LogP contribution in [0.15, 0.2) is 53.4 Å². The Kier molecular flexibility index (Phi) is 7.07. The average Bonchev–Trinajstić information content (AvgIpc) is 2.78. The van der Waals surface area contributed by atoms with Gasteiger partial charge in [-0.15, -0.1) is 0 Å². The van der Waals surface area contributed by atoms with Crippen LogP contribution in [-0.4, -0.2) is 44.2 Å². The van der Waals surface area contributed by atoms with Crippen LogP contribution in [0.4, 0.5) is 0 Å². The van der Waals surface area contributed by atoms with E-state index in [2.05, 4.69) is 10.9 Å². The first kappa shape index (κ1) is 21.8. The molecule has 1 aliphatic heterocycles. The number of sulfonamides is 1. The Morgan fingerprint density at radius 1 is 0.933 bits per heavy atom. The highest BCUT2D eigenvalue weighted by molar-refractivity contribution is 7.89. The maximum absolute atomic E-state index is 13.0. The maximum Gasteiger partial charge on any atom is 0.271 e. The molecule has 2 aromatic carbocycles. The van der Waals surface area contributed by atoms with Gasteiger partial charge in [0.25, 0.3) is 11.8 Å². The lowest BCUT2D eigenvalue weighted by Crippen LogP contribution is -2.43. The molecule has 1 aliphatic rings. The van der Waals surface area contributed by atoms with Crippen molar-refractivity contribution in [3.8, 4) is 5.75 Å². The van der Waals surface area contributed by atoms with E-state index in [1.807, 2.05) is 6.92 Å². The monoisotopic (exact) mass is 431 g/mol. The lowest BCUT2D eigenvalue weighted by Gasteiger charge is -2.26. The number of piperidine rings is 1. The van der Waals surface area contributed by atoms with Crippen molar-refractivity contribution in [2.75, 3.05) is 19.7 Å². The van der Waals surface area contributed by atoms with Crippen LogP contribution in [0.25, 0.3) is 0 Å². The molecule has 8 nitrogen and oxygen atoms in total. The summed E-state index contributed by atoms with van der Waals surface area (Å²) in [4.78, 5) is 24.9. The van der Waals surface area contributed by atoms with Crippen LogP contribution in [-0.2, 0) is 10.0 Å². The molecule has 0 aliphatic carbocycles. The fraction of sp³-hybridized carbons (Fsp3) is 0.333. The lowest BCUT2D eigenvalue weighted by molar-refractivity contribution is 0.0845. The fourth-order valence-electron chi connectivity index (χ4n) is 3.25. The second-order valence-electron chi connectivity index (χ2n) is 6.83. The Morgan fingerprint density at radius 2 is 1.57 bits per heavy atom. The van der Waals surface area contributed by atoms with Gasteiger partial charge in [0, 0.05) is 18.7 Å². The summed E-state index contributed by atoms with van der Waals surface area (Å²) in [6.07, 6.45) is 2.59. The Bertz CT molecular complexity index is 1000. The van der Waals surface area contributed by atoms with E-state index < -0.39 is 21.8 Å². The van der Waals surface area contributed by atoms with E-state index in [-0.39, 0.29) is 10.5 Å². The summed E-state index contributed by atoms with van der Waals surface area (Å²) in [5.41, 5.74) is 4.93. The van der Waals surface area contributed by atoms with Crippen molar-refractivity contribution in [1.82, 2.24) is 15.2 Å². The summed E-state index contributed by atoms with van der Waals surface area (Å²) in [6, 6.07) is 12.4. The molecule has 0 atom stereocenters. The third-order valence-electron chi connectivity index (χ3n) is 4.78. The summed E-state index contributed by atoms with van der Waals surface area (Å²) in [5, 5.41) is 0. The molecule has 1 saturated heterocycles. The number of nitrogens with zero attached hydrogens (tertiary/aromatic N) is 1. The highest BCUT2D eigenvalue weighted by Gasteiger charge is 2.29. The third-order valence-corrected chi connectivity index (χ3v) is 6.74. The van der Waals surface area contributed by atoms with Crippen molar-refractivity contribution in [3.63, 3.8) is 0 Å². The van der Waals surface area contributed by atoms with Gasteiger partial charge in [0.15, 0.2) is 0 Å². The fourth-order valence-corrected chi connectivity index (χ4v) is 4.95. The SMILES string of the molecule is CCOc1ccc(C(=O)NNC(=O)c2ccccc2S(=O)(=O)N2CCCCC2)cc1. The summed E-state index contributed by atoms with van der Waals surface area (Å²) in [6.45, 7) is 3.25. The number of hydrazine groups is 1. The van der Waals surface area contributed by atoms with Crippen LogP contribution in [0.5, 0.6) is 5.75 Å². The van der Waals surface area contributed by atoms with Gasteiger partial charge >= 0.3 is 0 Å². The van der Waals surface area contributed by atoms with Crippen LogP contribution in [0.2, 0.25) is 0 Å². The maximum atomic E-state index is 13.0. The molecule has 160 valence electrons. The smallest absolute Gasteiger partial charge is 0.271 e. The molecular weight excluding hydrogens is 406 g/mol. The second kappa shape index (κ2) is 9.73. The molecule has 2 amide bonds. The summed E-state index contributed by atoms with van der Waals surface area (Å²) in [5.74, 6) is -0.594. The van der Waals surface area contributed by atoms with Gasteiger partial charge in [-0.05, 0) is 56.2 Å². The number of amides is 2. The molecule has 2 aromatic rings. The van der Waals surface area contributed by atoms with E-state index in [0.717, 1.165) is 19.3 Å². The summed E-state index contributed by atoms with van der Waals surface area (Å²) < 4.78 is 32.7. The zero-order valence-corrected chi connectivity index (χ0v) is 17.6. The van der Waals surface area contributed by atoms with Crippen molar-refractivity contribution in [3.05, 3.63) is 59.7 Å². The first-order valence-corrected chi connectivity index (χ1v) is 11.3. The number of carbonyl (C=O) groups excluding carboxylic acids is 2. The molecule has 3 rings (SSSR count). The normalized spacial score (nSPS) is 14.7. The molecule has 0 radical (unpaired) electrons. The number of hydrogen-bond acceptors (Lipinski definition) is 5. The van der Waals surface area contributed by atoms with Gasteiger partial charge in [-0.3, -0.25) is 20.4 Å². The van der Waals surface area contributed by atoms with Crippen LogP contribution in [0.1, 0.15) is 46.9 Å². The standard InChI is InChI=1S/C21H25N3O5S/c1-2-29-17-12-10-16(11-13-17)20(25)22-23-21(26)18-8-4-5-9-19(18)30(27,28)24-14-6-3-7-15-24/h4-5,8-13H,2-3,6-7,14-15H2,1H3,(H,22,25)(H,23,26). The Labute approximate surface area is 176 Å². The van der Waals surface area contributed by atoms with E-state index in [9.17, 15) is 18.0 Å². The largest absolute Gasteiger partial charge is 0.494 e. The van der Waals surface area contributed by atoms with Crippen LogP contribution < -0.4 is 15.6 Å². The Hall–Kier alpha value is -2.91. The van der Waals surface area contributed by atoms with E-state index in [1.54, 1.807) is 36.4 Å². The number of ether oxygens (including phenoxy) is 1. The van der Waals surface area contributed by atoms with Crippen LogP contribution in [0, 0.1) is 0 Å². The Balaban J connectivity index is 1.71. The molecule has 1 heterocycles. The minimum atomic E-state index is -3.79. The van der Waals surface area contributed by atoms with Gasteiger partial charge in [0.05, 0.1) is 17.1 Å². The number of carbonyl (C=O) groups is 2. The van der Waals surface area contributed by atoms with Gasteiger partial charge in [-0.1, -0.05) is 18.6 Å². The van der Waals surface area contributed by atoms with E-state index in [1.165, 1.54) is 16.4 Å². The summed E-state index contributed by atoms with van der Waals surface area (Å²) >= 11 is 0. The van der Waals surface area contributed by atoms with Gasteiger partial charge in [-0.25, -0.2) is 8.42 Å². The van der Waals surface area contributed by atoms with Crippen molar-refractivity contribution >= 4 is 21.8 Å². The van der Waals surface area contributed by atoms with Gasteiger partial charge in [-0.2, -0.15) is 4.31 Å². The molecule has 0 unspecified atom stereocenters. The van der Waals surface area contributed by atoms with Crippen LogP contribution >= 0.6 is 0 Å². The van der Waals surface area contributed by atoms with Gasteiger partial charge in [0.2, 0.25) is 10.0 Å². The average molecular weight is 432 g/mol. The predicted molar refractivity (Wildman–Crippen MR) is 112 cm³/mol. The molecule has 2 N–H and O–H groups in total. The topological polar surface area (TPSA) is 105 Å². The predicted octanol–water partition coefficient (Wildman–Crippen LogP) is 2.33. The number of benzene rings is 2. The minimum Gasteiger partial charge on any atom is -0.494 e. The molecule has 0 bridgehead atoms. The van der Waals surface area contributed by atoms with Crippen LogP contribution in [0.3, 0.4) is 0 Å². The van der Waals surface area contributed by atoms with E-state index >= 15 is 0 Å². The number of rotatable bonds is 6. The lowest BCUT2D eigenvalue weighted by atomic mass is 10.2. The van der Waals surface area contributed by atoms with Crippen molar-refractivity contribution in [2.24, 2.45) is 0 Å². The highest BCUT2D eigenvalue weighted by Crippen LogP contribution is 2.23. The Morgan fingerprint density at radius 3 is 2.23 bits per heavy atom. The number of nitrogens with one attached hydrogen (secondary N) is 2. The molecule has 0 spiro atoms. The quantitative estimate of drug-likeness (QED) is 0.683. The third kappa shape index (κ3) is 4.98. The molecule has 0 saturated carbocycles. The van der Waals surface area contributed by atoms with E-state index in [0.29, 0.717) is 31.0 Å². The second-order valence-corrected chi connectivity index (χ2v) is 8.73. The zero-order chi connectivity index (χ0) is 21.6. The van der Waals surface area contributed by atoms with E-state index in [4.69, 9.17) is 4.74 Å². The van der Waals surface area contributed by atoms with Crippen molar-refractivity contribution in [2.45, 2.75) is 31.1 Å². The zero-order valence-electron chi connectivity index (χ0n) is 16.8. The van der Waals surface area contributed by atoms with Crippen molar-refractivity contribution < 1.29 is 22.7 Å². The highest BCUT2D eigenvalue weighted by atomic mass is 32.2. The molecule has 1 fully saturated rings. The first-order chi connectivity index (χ1) is 14.4. The molecule has 9 heteroatoms. The van der Waals surface area contributed by atoms with Crippen molar-refractivity contribution in [1.29, 1.82) is 0 Å². The minimum absolute atomic E-state index is 0.0185. The summed E-state index contributed by atoms with van der Waals surface area (Å²) in [7, 11) is -3.79. The van der Waals surface area contributed by atoms with Gasteiger partial charge < -0.3 is 4.74 Å². The number of hydrogen-bond donors (Lipinski definition) is 2. The molecule has 30 heavy (non-hydrogen) atoms.